The Morgan fingerprint density at radius 1 is 1.35 bits per heavy atom. The van der Waals surface area contributed by atoms with Crippen molar-refractivity contribution in [3.63, 3.8) is 0 Å². The summed E-state index contributed by atoms with van der Waals surface area (Å²) in [4.78, 5) is 2.63. The number of ether oxygens (including phenoxy) is 1. The molecule has 2 aliphatic heterocycles. The molecule has 0 aromatic carbocycles. The third-order valence-electron chi connectivity index (χ3n) is 3.99. The zero-order valence-corrected chi connectivity index (χ0v) is 12.2. The average molecular weight is 258 g/mol. The van der Waals surface area contributed by atoms with Crippen LogP contribution in [0.15, 0.2) is 0 Å². The molecule has 2 fully saturated rings. The van der Waals surface area contributed by atoms with E-state index in [1.165, 1.54) is 31.8 Å². The van der Waals surface area contributed by atoms with Crippen LogP contribution in [0.3, 0.4) is 0 Å². The molecule has 0 aromatic heterocycles. The molecule has 0 saturated carbocycles. The Morgan fingerprint density at radius 2 is 2.18 bits per heavy atom. The summed E-state index contributed by atoms with van der Waals surface area (Å²) in [6, 6.07) is 0.555. The number of thioether (sulfide) groups is 1. The first-order valence-electron chi connectivity index (χ1n) is 6.72. The summed E-state index contributed by atoms with van der Waals surface area (Å²) < 4.78 is 6.04. The van der Waals surface area contributed by atoms with Gasteiger partial charge in [-0.1, -0.05) is 13.8 Å². The number of hydrogen-bond donors (Lipinski definition) is 1. The summed E-state index contributed by atoms with van der Waals surface area (Å²) >= 11 is 2.12. The Kier molecular flexibility index (Phi) is 4.75. The van der Waals surface area contributed by atoms with Gasteiger partial charge in [0.1, 0.15) is 0 Å². The smallest absolute Gasteiger partial charge is 0.0623 e. The van der Waals surface area contributed by atoms with Crippen LogP contribution in [0, 0.1) is 5.92 Å². The van der Waals surface area contributed by atoms with E-state index in [2.05, 4.69) is 35.8 Å². The summed E-state index contributed by atoms with van der Waals surface area (Å²) in [5.41, 5.74) is 0. The fourth-order valence-corrected chi connectivity index (χ4v) is 3.81. The molecule has 2 saturated heterocycles. The first kappa shape index (κ1) is 13.7. The second-order valence-corrected chi connectivity index (χ2v) is 7.65. The number of hydrogen-bond acceptors (Lipinski definition) is 4. The summed E-state index contributed by atoms with van der Waals surface area (Å²) in [6.45, 7) is 10.2. The molecule has 2 rings (SSSR count). The van der Waals surface area contributed by atoms with Crippen LogP contribution in [0.25, 0.3) is 0 Å². The highest BCUT2D eigenvalue weighted by Gasteiger charge is 2.30. The van der Waals surface area contributed by atoms with Crippen molar-refractivity contribution in [2.24, 2.45) is 5.92 Å². The Labute approximate surface area is 110 Å². The van der Waals surface area contributed by atoms with Gasteiger partial charge in [0, 0.05) is 35.5 Å². The van der Waals surface area contributed by atoms with E-state index in [0.29, 0.717) is 16.7 Å². The number of likely N-dealkylation sites (N-methyl/N-ethyl adjacent to an activating group) is 1. The first-order chi connectivity index (χ1) is 8.11. The molecule has 0 radical (unpaired) electrons. The SMILES string of the molecule is CNC1COCC1CN1CCSC(C)(C)CC1. The lowest BCUT2D eigenvalue weighted by atomic mass is 10.0. The van der Waals surface area contributed by atoms with E-state index < -0.39 is 0 Å². The van der Waals surface area contributed by atoms with Gasteiger partial charge in [0.25, 0.3) is 0 Å². The predicted octanol–water partition coefficient (Wildman–Crippen LogP) is 1.44. The molecule has 0 bridgehead atoms. The third-order valence-corrected chi connectivity index (χ3v) is 5.36. The van der Waals surface area contributed by atoms with E-state index in [0.717, 1.165) is 13.2 Å². The van der Waals surface area contributed by atoms with E-state index in [1.54, 1.807) is 0 Å². The number of nitrogens with one attached hydrogen (secondary N) is 1. The molecule has 100 valence electrons. The molecular weight excluding hydrogens is 232 g/mol. The second-order valence-electron chi connectivity index (χ2n) is 5.85. The molecule has 3 nitrogen and oxygen atoms in total. The summed E-state index contributed by atoms with van der Waals surface area (Å²) in [5.74, 6) is 1.94. The summed E-state index contributed by atoms with van der Waals surface area (Å²) in [6.07, 6.45) is 1.30. The van der Waals surface area contributed by atoms with Crippen molar-refractivity contribution in [2.45, 2.75) is 31.1 Å². The van der Waals surface area contributed by atoms with Gasteiger partial charge in [0.15, 0.2) is 0 Å². The molecule has 17 heavy (non-hydrogen) atoms. The van der Waals surface area contributed by atoms with Gasteiger partial charge in [-0.15, -0.1) is 0 Å². The van der Waals surface area contributed by atoms with Gasteiger partial charge in [-0.25, -0.2) is 0 Å². The normalized spacial score (nSPS) is 34.8. The van der Waals surface area contributed by atoms with Crippen LogP contribution < -0.4 is 5.32 Å². The molecule has 2 aliphatic rings. The number of nitrogens with zero attached hydrogens (tertiary/aromatic N) is 1. The minimum atomic E-state index is 0.462. The van der Waals surface area contributed by atoms with E-state index in [-0.39, 0.29) is 0 Å². The van der Waals surface area contributed by atoms with Gasteiger partial charge in [0.05, 0.1) is 13.2 Å². The monoisotopic (exact) mass is 258 g/mol. The summed E-state index contributed by atoms with van der Waals surface area (Å²) in [5, 5.41) is 3.38. The van der Waals surface area contributed by atoms with E-state index >= 15 is 0 Å². The highest BCUT2D eigenvalue weighted by Crippen LogP contribution is 2.31. The van der Waals surface area contributed by atoms with Crippen LogP contribution >= 0.6 is 11.8 Å². The zero-order chi connectivity index (χ0) is 12.3. The molecular formula is C13H26N2OS. The van der Waals surface area contributed by atoms with Gasteiger partial charge >= 0.3 is 0 Å². The van der Waals surface area contributed by atoms with Crippen molar-refractivity contribution in [3.05, 3.63) is 0 Å². The van der Waals surface area contributed by atoms with Crippen LogP contribution in [0.1, 0.15) is 20.3 Å². The van der Waals surface area contributed by atoms with Gasteiger partial charge in [-0.05, 0) is 20.0 Å². The van der Waals surface area contributed by atoms with Crippen molar-refractivity contribution < 1.29 is 4.74 Å². The minimum Gasteiger partial charge on any atom is -0.379 e. The van der Waals surface area contributed by atoms with Crippen LogP contribution in [0.5, 0.6) is 0 Å². The van der Waals surface area contributed by atoms with Crippen LogP contribution in [0.2, 0.25) is 0 Å². The van der Waals surface area contributed by atoms with E-state index in [1.807, 2.05) is 7.05 Å². The fourth-order valence-electron chi connectivity index (χ4n) is 2.67. The lowest BCUT2D eigenvalue weighted by Gasteiger charge is -2.26. The fraction of sp³-hybridized carbons (Fsp3) is 1.00. The van der Waals surface area contributed by atoms with Crippen molar-refractivity contribution in [1.82, 2.24) is 10.2 Å². The molecule has 0 aromatic rings. The van der Waals surface area contributed by atoms with Gasteiger partial charge in [-0.2, -0.15) is 11.8 Å². The minimum absolute atomic E-state index is 0.462. The highest BCUT2D eigenvalue weighted by atomic mass is 32.2. The van der Waals surface area contributed by atoms with Crippen LogP contribution in [-0.2, 0) is 4.74 Å². The van der Waals surface area contributed by atoms with E-state index in [9.17, 15) is 0 Å². The molecule has 0 amide bonds. The maximum atomic E-state index is 5.58. The third kappa shape index (κ3) is 3.85. The Morgan fingerprint density at radius 3 is 2.94 bits per heavy atom. The van der Waals surface area contributed by atoms with Crippen molar-refractivity contribution in [1.29, 1.82) is 0 Å². The number of rotatable bonds is 3. The lowest BCUT2D eigenvalue weighted by molar-refractivity contribution is 0.168. The first-order valence-corrected chi connectivity index (χ1v) is 7.70. The molecule has 1 N–H and O–H groups in total. The quantitative estimate of drug-likeness (QED) is 0.828. The van der Waals surface area contributed by atoms with Crippen LogP contribution in [-0.4, -0.2) is 61.3 Å². The standard InChI is InChI=1S/C13H26N2OS/c1-13(2)4-5-15(6-7-17-13)8-11-9-16-10-12(11)14-3/h11-12,14H,4-10H2,1-3H3. The van der Waals surface area contributed by atoms with Crippen molar-refractivity contribution in [3.8, 4) is 0 Å². The molecule has 2 atom stereocenters. The Balaban J connectivity index is 1.82. The Hall–Kier alpha value is 0.230. The summed E-state index contributed by atoms with van der Waals surface area (Å²) in [7, 11) is 2.05. The van der Waals surface area contributed by atoms with Gasteiger partial charge in [0.2, 0.25) is 0 Å². The van der Waals surface area contributed by atoms with Gasteiger partial charge in [-0.3, -0.25) is 0 Å². The maximum absolute atomic E-state index is 5.58. The molecule has 0 spiro atoms. The molecule has 4 heteroatoms. The molecule has 2 unspecified atom stereocenters. The largest absolute Gasteiger partial charge is 0.379 e. The Bertz CT molecular complexity index is 248. The highest BCUT2D eigenvalue weighted by molar-refractivity contribution is 8.00. The molecule has 0 aliphatic carbocycles. The van der Waals surface area contributed by atoms with Crippen molar-refractivity contribution >= 4 is 11.8 Å². The van der Waals surface area contributed by atoms with E-state index in [4.69, 9.17) is 4.74 Å². The maximum Gasteiger partial charge on any atom is 0.0623 e. The second kappa shape index (κ2) is 5.91. The van der Waals surface area contributed by atoms with Gasteiger partial charge < -0.3 is 15.0 Å². The topological polar surface area (TPSA) is 24.5 Å². The predicted molar refractivity (Wildman–Crippen MR) is 74.8 cm³/mol. The van der Waals surface area contributed by atoms with Crippen LogP contribution in [0.4, 0.5) is 0 Å². The lowest BCUT2D eigenvalue weighted by Crippen LogP contribution is -2.41. The average Bonchev–Trinajstić information content (AvgIpc) is 2.65. The molecule has 2 heterocycles. The van der Waals surface area contributed by atoms with Crippen molar-refractivity contribution in [2.75, 3.05) is 45.6 Å². The zero-order valence-electron chi connectivity index (χ0n) is 11.4.